The van der Waals surface area contributed by atoms with E-state index >= 15 is 0 Å². The number of sulfonamides is 1. The number of aliphatic hydroxyl groups excluding tert-OH is 1. The standard InChI is InChI=1S/C17H24FN3O5S/c1-27(25,26)21-10-8-20(9-11-21)17(24)15(3-2-12-22)19-16(23)13-4-6-14(18)7-5-13/h4-7,15,22H,2-3,8-12H2,1H3,(H,19,23). The van der Waals surface area contributed by atoms with Crippen LogP contribution in [-0.2, 0) is 14.8 Å². The van der Waals surface area contributed by atoms with Crippen LogP contribution in [0.25, 0.3) is 0 Å². The van der Waals surface area contributed by atoms with Crippen LogP contribution in [0.2, 0.25) is 0 Å². The average Bonchev–Trinajstić information content (AvgIpc) is 2.64. The minimum Gasteiger partial charge on any atom is -0.396 e. The lowest BCUT2D eigenvalue weighted by Gasteiger charge is -2.35. The minimum atomic E-state index is -3.31. The summed E-state index contributed by atoms with van der Waals surface area (Å²) in [6, 6.07) is 4.11. The number of nitrogens with one attached hydrogen (secondary N) is 1. The topological polar surface area (TPSA) is 107 Å². The molecule has 1 aliphatic rings. The number of amides is 2. The molecule has 0 bridgehead atoms. The van der Waals surface area contributed by atoms with Gasteiger partial charge in [-0.25, -0.2) is 12.8 Å². The zero-order chi connectivity index (χ0) is 20.0. The molecule has 2 amide bonds. The number of nitrogens with zero attached hydrogens (tertiary/aromatic N) is 2. The fourth-order valence-corrected chi connectivity index (χ4v) is 3.68. The van der Waals surface area contributed by atoms with Crippen LogP contribution in [0.5, 0.6) is 0 Å². The molecule has 2 N–H and O–H groups in total. The Kier molecular flexibility index (Phi) is 7.28. The van der Waals surface area contributed by atoms with Gasteiger partial charge in [0.25, 0.3) is 5.91 Å². The number of hydrogen-bond donors (Lipinski definition) is 2. The summed E-state index contributed by atoms with van der Waals surface area (Å²) in [4.78, 5) is 26.6. The average molecular weight is 401 g/mol. The van der Waals surface area contributed by atoms with Crippen molar-refractivity contribution in [2.45, 2.75) is 18.9 Å². The van der Waals surface area contributed by atoms with E-state index in [9.17, 15) is 22.4 Å². The molecule has 1 unspecified atom stereocenters. The van der Waals surface area contributed by atoms with Crippen LogP contribution in [0, 0.1) is 5.82 Å². The Morgan fingerprint density at radius 1 is 1.19 bits per heavy atom. The zero-order valence-corrected chi connectivity index (χ0v) is 15.9. The molecule has 2 rings (SSSR count). The maximum absolute atomic E-state index is 13.0. The van der Waals surface area contributed by atoms with Crippen molar-refractivity contribution in [3.05, 3.63) is 35.6 Å². The molecule has 0 saturated carbocycles. The van der Waals surface area contributed by atoms with E-state index in [1.54, 1.807) is 0 Å². The lowest BCUT2D eigenvalue weighted by atomic mass is 10.1. The molecule has 1 heterocycles. The maximum atomic E-state index is 13.0. The third-order valence-electron chi connectivity index (χ3n) is 4.38. The van der Waals surface area contributed by atoms with Gasteiger partial charge in [-0.1, -0.05) is 0 Å². The number of halogens is 1. The Hall–Kier alpha value is -2.04. The highest BCUT2D eigenvalue weighted by Crippen LogP contribution is 2.11. The summed E-state index contributed by atoms with van der Waals surface area (Å²) >= 11 is 0. The van der Waals surface area contributed by atoms with Crippen LogP contribution >= 0.6 is 0 Å². The summed E-state index contributed by atoms with van der Waals surface area (Å²) < 4.78 is 37.5. The molecule has 27 heavy (non-hydrogen) atoms. The second-order valence-electron chi connectivity index (χ2n) is 6.39. The summed E-state index contributed by atoms with van der Waals surface area (Å²) in [5.74, 6) is -1.31. The van der Waals surface area contributed by atoms with Gasteiger partial charge in [-0.2, -0.15) is 4.31 Å². The van der Waals surface area contributed by atoms with E-state index < -0.39 is 27.8 Å². The molecule has 8 nitrogen and oxygen atoms in total. The van der Waals surface area contributed by atoms with Crippen molar-refractivity contribution in [2.75, 3.05) is 39.0 Å². The molecular weight excluding hydrogens is 377 g/mol. The van der Waals surface area contributed by atoms with Gasteiger partial charge in [-0.05, 0) is 37.1 Å². The molecule has 0 aliphatic carbocycles. The number of carbonyl (C=O) groups is 2. The van der Waals surface area contributed by atoms with Gasteiger partial charge >= 0.3 is 0 Å². The number of carbonyl (C=O) groups excluding carboxylic acids is 2. The van der Waals surface area contributed by atoms with Crippen molar-refractivity contribution in [3.63, 3.8) is 0 Å². The largest absolute Gasteiger partial charge is 0.396 e. The molecular formula is C17H24FN3O5S. The van der Waals surface area contributed by atoms with Crippen molar-refractivity contribution in [2.24, 2.45) is 0 Å². The summed E-state index contributed by atoms with van der Waals surface area (Å²) in [5, 5.41) is 11.7. The first-order chi connectivity index (χ1) is 12.7. The number of benzene rings is 1. The highest BCUT2D eigenvalue weighted by molar-refractivity contribution is 7.88. The van der Waals surface area contributed by atoms with Crippen LogP contribution in [0.3, 0.4) is 0 Å². The normalized spacial score (nSPS) is 16.8. The first kappa shape index (κ1) is 21.3. The van der Waals surface area contributed by atoms with Crippen molar-refractivity contribution < 1.29 is 27.5 Å². The van der Waals surface area contributed by atoms with Crippen LogP contribution in [0.15, 0.2) is 24.3 Å². The second-order valence-corrected chi connectivity index (χ2v) is 8.37. The molecule has 1 aliphatic heterocycles. The molecule has 1 aromatic carbocycles. The number of rotatable bonds is 7. The quantitative estimate of drug-likeness (QED) is 0.658. The molecule has 1 aromatic rings. The predicted molar refractivity (Wildman–Crippen MR) is 97.0 cm³/mol. The number of piperazine rings is 1. The first-order valence-corrected chi connectivity index (χ1v) is 10.5. The van der Waals surface area contributed by atoms with E-state index in [1.165, 1.54) is 21.3 Å². The Morgan fingerprint density at radius 3 is 2.30 bits per heavy atom. The molecule has 1 saturated heterocycles. The fraction of sp³-hybridized carbons (Fsp3) is 0.529. The SMILES string of the molecule is CS(=O)(=O)N1CCN(C(=O)C(CCCO)NC(=O)c2ccc(F)cc2)CC1. The Morgan fingerprint density at radius 2 is 1.78 bits per heavy atom. The van der Waals surface area contributed by atoms with Crippen molar-refractivity contribution in [3.8, 4) is 0 Å². The first-order valence-electron chi connectivity index (χ1n) is 8.63. The van der Waals surface area contributed by atoms with E-state index in [2.05, 4.69) is 5.32 Å². The number of hydrogen-bond acceptors (Lipinski definition) is 5. The highest BCUT2D eigenvalue weighted by Gasteiger charge is 2.30. The minimum absolute atomic E-state index is 0.127. The molecule has 0 spiro atoms. The third-order valence-corrected chi connectivity index (χ3v) is 5.68. The van der Waals surface area contributed by atoms with Crippen LogP contribution in [-0.4, -0.2) is 79.6 Å². The maximum Gasteiger partial charge on any atom is 0.251 e. The number of aliphatic hydroxyl groups is 1. The van der Waals surface area contributed by atoms with Crippen LogP contribution in [0.1, 0.15) is 23.2 Å². The van der Waals surface area contributed by atoms with Crippen LogP contribution in [0.4, 0.5) is 4.39 Å². The summed E-state index contributed by atoms with van der Waals surface area (Å²) in [5.41, 5.74) is 0.222. The predicted octanol–water partition coefficient (Wildman–Crippen LogP) is -0.200. The van der Waals surface area contributed by atoms with Gasteiger partial charge < -0.3 is 15.3 Å². The second kappa shape index (κ2) is 9.25. The molecule has 10 heteroatoms. The summed E-state index contributed by atoms with van der Waals surface area (Å²) in [6.07, 6.45) is 1.69. The third kappa shape index (κ3) is 5.98. The Balaban J connectivity index is 2.03. The van der Waals surface area contributed by atoms with Gasteiger partial charge in [0.1, 0.15) is 11.9 Å². The van der Waals surface area contributed by atoms with E-state index in [0.29, 0.717) is 6.42 Å². The smallest absolute Gasteiger partial charge is 0.251 e. The molecule has 0 aromatic heterocycles. The van der Waals surface area contributed by atoms with Gasteiger partial charge in [0.15, 0.2) is 0 Å². The van der Waals surface area contributed by atoms with Crippen molar-refractivity contribution in [1.29, 1.82) is 0 Å². The molecule has 1 fully saturated rings. The zero-order valence-electron chi connectivity index (χ0n) is 15.1. The molecule has 0 radical (unpaired) electrons. The van der Waals surface area contributed by atoms with Gasteiger partial charge in [-0.15, -0.1) is 0 Å². The highest BCUT2D eigenvalue weighted by atomic mass is 32.2. The van der Waals surface area contributed by atoms with E-state index in [1.807, 2.05) is 0 Å². The lowest BCUT2D eigenvalue weighted by Crippen LogP contribution is -2.55. The molecule has 150 valence electrons. The van der Waals surface area contributed by atoms with E-state index in [4.69, 9.17) is 5.11 Å². The van der Waals surface area contributed by atoms with Crippen molar-refractivity contribution in [1.82, 2.24) is 14.5 Å². The Bertz CT molecular complexity index is 761. The van der Waals surface area contributed by atoms with Crippen molar-refractivity contribution >= 4 is 21.8 Å². The van der Waals surface area contributed by atoms with Gasteiger partial charge in [0.05, 0.1) is 6.26 Å². The van der Waals surface area contributed by atoms with Gasteiger partial charge in [0, 0.05) is 38.3 Å². The summed E-state index contributed by atoms with van der Waals surface area (Å²) in [6.45, 7) is 0.729. The monoisotopic (exact) mass is 401 g/mol. The van der Waals surface area contributed by atoms with E-state index in [0.717, 1.165) is 18.4 Å². The van der Waals surface area contributed by atoms with Gasteiger partial charge in [-0.3, -0.25) is 9.59 Å². The molecule has 1 atom stereocenters. The lowest BCUT2D eigenvalue weighted by molar-refractivity contribution is -0.134. The van der Waals surface area contributed by atoms with E-state index in [-0.39, 0.29) is 50.7 Å². The Labute approximate surface area is 158 Å². The van der Waals surface area contributed by atoms with Gasteiger partial charge in [0.2, 0.25) is 15.9 Å². The van der Waals surface area contributed by atoms with Crippen LogP contribution < -0.4 is 5.32 Å². The summed E-state index contributed by atoms with van der Waals surface area (Å²) in [7, 11) is -3.31. The fourth-order valence-electron chi connectivity index (χ4n) is 2.86.